The molecule has 0 fully saturated rings. The van der Waals surface area contributed by atoms with Crippen LogP contribution in [0.5, 0.6) is 5.75 Å². The molecule has 1 aliphatic rings. The lowest BCUT2D eigenvalue weighted by molar-refractivity contribution is -0.129. The van der Waals surface area contributed by atoms with E-state index in [0.717, 1.165) is 12.0 Å². The van der Waals surface area contributed by atoms with E-state index in [1.54, 1.807) is 30.3 Å². The van der Waals surface area contributed by atoms with E-state index in [2.05, 4.69) is 4.99 Å². The van der Waals surface area contributed by atoms with Crippen LogP contribution in [0, 0.1) is 0 Å². The van der Waals surface area contributed by atoms with Crippen LogP contribution >= 0.6 is 11.6 Å². The van der Waals surface area contributed by atoms with Gasteiger partial charge in [0.25, 0.3) is 0 Å². The quantitative estimate of drug-likeness (QED) is 0.595. The Morgan fingerprint density at radius 2 is 2.04 bits per heavy atom. The third-order valence-corrected chi connectivity index (χ3v) is 3.60. The molecule has 0 spiro atoms. The van der Waals surface area contributed by atoms with Gasteiger partial charge in [0, 0.05) is 16.1 Å². The van der Waals surface area contributed by atoms with Gasteiger partial charge < -0.3 is 9.47 Å². The first-order valence-electron chi connectivity index (χ1n) is 7.67. The van der Waals surface area contributed by atoms with E-state index in [9.17, 15) is 4.79 Å². The monoisotopic (exact) mass is 341 g/mol. The van der Waals surface area contributed by atoms with Crippen LogP contribution in [0.25, 0.3) is 6.08 Å². The van der Waals surface area contributed by atoms with Crippen LogP contribution in [-0.2, 0) is 9.53 Å². The van der Waals surface area contributed by atoms with Gasteiger partial charge in [-0.05, 0) is 36.8 Å². The van der Waals surface area contributed by atoms with Crippen molar-refractivity contribution >= 4 is 29.5 Å². The molecule has 0 aliphatic carbocycles. The second kappa shape index (κ2) is 7.32. The van der Waals surface area contributed by atoms with E-state index in [4.69, 9.17) is 21.1 Å². The molecule has 0 aromatic heterocycles. The van der Waals surface area contributed by atoms with Crippen LogP contribution in [0.2, 0.25) is 5.02 Å². The number of cyclic esters (lactones) is 1. The maximum Gasteiger partial charge on any atom is 0.363 e. The standard InChI is InChI=1S/C19H16ClNO3/c1-2-10-23-17-9-4-3-6-13(17)12-16-19(22)24-18(21-16)14-7-5-8-15(20)11-14/h3-9,11-12H,2,10H2,1H3. The fourth-order valence-corrected chi connectivity index (χ4v) is 2.43. The van der Waals surface area contributed by atoms with Crippen molar-refractivity contribution in [2.45, 2.75) is 13.3 Å². The number of aliphatic imine (C=N–C) groups is 1. The van der Waals surface area contributed by atoms with Gasteiger partial charge in [0.05, 0.1) is 6.61 Å². The predicted molar refractivity (Wildman–Crippen MR) is 94.3 cm³/mol. The Morgan fingerprint density at radius 1 is 1.21 bits per heavy atom. The van der Waals surface area contributed by atoms with Gasteiger partial charge in [-0.2, -0.15) is 0 Å². The Labute approximate surface area is 145 Å². The Balaban J connectivity index is 1.92. The summed E-state index contributed by atoms with van der Waals surface area (Å²) in [4.78, 5) is 16.4. The summed E-state index contributed by atoms with van der Waals surface area (Å²) in [5.41, 5.74) is 1.68. The zero-order valence-corrected chi connectivity index (χ0v) is 13.9. The molecule has 0 radical (unpaired) electrons. The molecule has 0 saturated carbocycles. The van der Waals surface area contributed by atoms with Crippen molar-refractivity contribution in [3.8, 4) is 5.75 Å². The van der Waals surface area contributed by atoms with E-state index < -0.39 is 5.97 Å². The fraction of sp³-hybridized carbons (Fsp3) is 0.158. The highest BCUT2D eigenvalue weighted by atomic mass is 35.5. The number of hydrogen-bond donors (Lipinski definition) is 0. The molecular weight excluding hydrogens is 326 g/mol. The number of esters is 1. The van der Waals surface area contributed by atoms with Crippen molar-refractivity contribution in [2.24, 2.45) is 4.99 Å². The highest BCUT2D eigenvalue weighted by molar-refractivity contribution is 6.31. The molecule has 0 bridgehead atoms. The Morgan fingerprint density at radius 3 is 2.83 bits per heavy atom. The SMILES string of the molecule is CCCOc1ccccc1C=C1N=C(c2cccc(Cl)c2)OC1=O. The number of benzene rings is 2. The predicted octanol–water partition coefficient (Wildman–Crippen LogP) is 4.47. The molecule has 0 atom stereocenters. The average molecular weight is 342 g/mol. The van der Waals surface area contributed by atoms with E-state index >= 15 is 0 Å². The van der Waals surface area contributed by atoms with Crippen LogP contribution in [0.4, 0.5) is 0 Å². The molecule has 0 N–H and O–H groups in total. The van der Waals surface area contributed by atoms with Gasteiger partial charge in [0.2, 0.25) is 5.90 Å². The molecule has 2 aromatic rings. The summed E-state index contributed by atoms with van der Waals surface area (Å²) in [6.07, 6.45) is 2.58. The minimum absolute atomic E-state index is 0.234. The maximum absolute atomic E-state index is 12.1. The van der Waals surface area contributed by atoms with Crippen molar-refractivity contribution < 1.29 is 14.3 Å². The van der Waals surface area contributed by atoms with E-state index in [0.29, 0.717) is 22.9 Å². The van der Waals surface area contributed by atoms with E-state index in [1.165, 1.54) is 0 Å². The van der Waals surface area contributed by atoms with Gasteiger partial charge in [-0.1, -0.05) is 42.8 Å². The first-order valence-corrected chi connectivity index (χ1v) is 8.05. The summed E-state index contributed by atoms with van der Waals surface area (Å²) >= 11 is 5.97. The van der Waals surface area contributed by atoms with Gasteiger partial charge in [-0.3, -0.25) is 0 Å². The molecule has 0 saturated heterocycles. The second-order valence-corrected chi connectivity index (χ2v) is 5.67. The molecule has 2 aromatic carbocycles. The first kappa shape index (κ1) is 16.3. The number of rotatable bonds is 5. The number of halogens is 1. The van der Waals surface area contributed by atoms with Crippen LogP contribution < -0.4 is 4.74 Å². The average Bonchev–Trinajstić information content (AvgIpc) is 2.95. The molecule has 4 nitrogen and oxygen atoms in total. The van der Waals surface area contributed by atoms with Crippen LogP contribution in [0.1, 0.15) is 24.5 Å². The van der Waals surface area contributed by atoms with Crippen molar-refractivity contribution in [3.05, 3.63) is 70.4 Å². The number of para-hydroxylation sites is 1. The highest BCUT2D eigenvalue weighted by Crippen LogP contribution is 2.25. The van der Waals surface area contributed by atoms with Gasteiger partial charge in [0.1, 0.15) is 5.75 Å². The molecule has 24 heavy (non-hydrogen) atoms. The number of carbonyl (C=O) groups is 1. The summed E-state index contributed by atoms with van der Waals surface area (Å²) < 4.78 is 10.9. The Hall–Kier alpha value is -2.59. The fourth-order valence-electron chi connectivity index (χ4n) is 2.24. The van der Waals surface area contributed by atoms with Crippen LogP contribution in [0.3, 0.4) is 0 Å². The number of nitrogens with zero attached hydrogens (tertiary/aromatic N) is 1. The lowest BCUT2D eigenvalue weighted by atomic mass is 10.1. The topological polar surface area (TPSA) is 47.9 Å². The maximum atomic E-state index is 12.1. The molecule has 3 rings (SSSR count). The molecule has 5 heteroatoms. The zero-order chi connectivity index (χ0) is 16.9. The van der Waals surface area contributed by atoms with Gasteiger partial charge in [-0.15, -0.1) is 0 Å². The molecule has 122 valence electrons. The normalized spacial score (nSPS) is 15.3. The van der Waals surface area contributed by atoms with Gasteiger partial charge >= 0.3 is 5.97 Å². The molecule has 0 amide bonds. The van der Waals surface area contributed by atoms with Crippen molar-refractivity contribution in [3.63, 3.8) is 0 Å². The number of carbonyl (C=O) groups excluding carboxylic acids is 1. The molecular formula is C19H16ClNO3. The van der Waals surface area contributed by atoms with E-state index in [1.807, 2.05) is 31.2 Å². The Bertz CT molecular complexity index is 827. The summed E-state index contributed by atoms with van der Waals surface area (Å²) in [7, 11) is 0. The van der Waals surface area contributed by atoms with Gasteiger partial charge in [0.15, 0.2) is 5.70 Å². The lowest BCUT2D eigenvalue weighted by Gasteiger charge is -2.07. The molecule has 1 aliphatic heterocycles. The smallest absolute Gasteiger partial charge is 0.363 e. The lowest BCUT2D eigenvalue weighted by Crippen LogP contribution is -2.05. The second-order valence-electron chi connectivity index (χ2n) is 5.23. The third kappa shape index (κ3) is 3.66. The van der Waals surface area contributed by atoms with Gasteiger partial charge in [-0.25, -0.2) is 9.79 Å². The van der Waals surface area contributed by atoms with Crippen molar-refractivity contribution in [1.29, 1.82) is 0 Å². The zero-order valence-electron chi connectivity index (χ0n) is 13.2. The first-order chi connectivity index (χ1) is 11.7. The summed E-state index contributed by atoms with van der Waals surface area (Å²) in [6.45, 7) is 2.65. The largest absolute Gasteiger partial charge is 0.493 e. The molecule has 0 unspecified atom stereocenters. The minimum Gasteiger partial charge on any atom is -0.493 e. The summed E-state index contributed by atoms with van der Waals surface area (Å²) in [5, 5.41) is 0.557. The van der Waals surface area contributed by atoms with Crippen LogP contribution in [-0.4, -0.2) is 18.5 Å². The van der Waals surface area contributed by atoms with E-state index in [-0.39, 0.29) is 11.6 Å². The minimum atomic E-state index is -0.490. The van der Waals surface area contributed by atoms with Crippen molar-refractivity contribution in [1.82, 2.24) is 0 Å². The number of ether oxygens (including phenoxy) is 2. The summed E-state index contributed by atoms with van der Waals surface area (Å²) in [6, 6.07) is 14.5. The Kier molecular flexibility index (Phi) is 4.96. The van der Waals surface area contributed by atoms with Crippen LogP contribution in [0.15, 0.2) is 59.2 Å². The van der Waals surface area contributed by atoms with Crippen molar-refractivity contribution in [2.75, 3.05) is 6.61 Å². The molecule has 1 heterocycles. The summed E-state index contributed by atoms with van der Waals surface area (Å²) in [5.74, 6) is 0.474. The third-order valence-electron chi connectivity index (χ3n) is 3.36. The highest BCUT2D eigenvalue weighted by Gasteiger charge is 2.24. The number of hydrogen-bond acceptors (Lipinski definition) is 4.